The first-order chi connectivity index (χ1) is 45.5. The van der Waals surface area contributed by atoms with E-state index < -0.39 is 6.04 Å². The standard InChI is InChI=1S/C75H98N12O6S/c1-51-56-22-21-35-85(68(56)82-81-67(51)80-71-78-60-23-18-19-24-63(60)94-71)64-30-28-58(61(43-88)77-64)59-41-76-87(52(59)2)50-74-45-72(3)44-73(4,46-74)48-75(47-72,49-74)93-39-38-83(5)34-20-16-14-12-10-8-6-7-9-11-13-15-17-25-66(90)84-36-32-53(33-37-84)54-26-27-57-55(40-54)42-86(70(57)92)62-29-31-65(89)79-69(62)91/h18-19,23-24,26-28,30,40-41,43,53,62H,6-17,20-22,25,29,31-39,42,44-50H2,1-5H3,(H,78,80,81)(H,79,89,91). The quantitative estimate of drug-likeness (QED) is 0.0255. The highest BCUT2D eigenvalue weighted by atomic mass is 32.1. The number of hydrogen-bond acceptors (Lipinski definition) is 15. The number of imide groups is 1. The largest absolute Gasteiger partial charge is 0.374 e. The molecule has 4 aliphatic heterocycles. The van der Waals surface area contributed by atoms with E-state index in [0.717, 1.165) is 165 Å². The number of nitrogens with zero attached hydrogens (tertiary/aromatic N) is 10. The predicted molar refractivity (Wildman–Crippen MR) is 369 cm³/mol. The molecule has 0 radical (unpaired) electrons. The van der Waals surface area contributed by atoms with Gasteiger partial charge in [-0.1, -0.05) is 120 Å². The lowest BCUT2D eigenvalue weighted by Crippen LogP contribution is -2.64. The molecule has 3 atom stereocenters. The first-order valence-corrected chi connectivity index (χ1v) is 36.4. The van der Waals surface area contributed by atoms with Crippen molar-refractivity contribution in [2.75, 3.05) is 56.6 Å². The van der Waals surface area contributed by atoms with Crippen LogP contribution in [-0.4, -0.2) is 133 Å². The Morgan fingerprint density at radius 1 is 0.777 bits per heavy atom. The highest BCUT2D eigenvalue weighted by molar-refractivity contribution is 7.22. The fourth-order valence-corrected chi connectivity index (χ4v) is 19.7. The first-order valence-electron chi connectivity index (χ1n) is 35.6. The normalized spacial score (nSPS) is 24.2. The van der Waals surface area contributed by atoms with E-state index in [1.54, 1.807) is 16.2 Å². The molecule has 4 saturated carbocycles. The molecule has 500 valence electrons. The summed E-state index contributed by atoms with van der Waals surface area (Å²) in [6, 6.07) is 17.6. The van der Waals surface area contributed by atoms with Gasteiger partial charge >= 0.3 is 0 Å². The van der Waals surface area contributed by atoms with Gasteiger partial charge in [-0.2, -0.15) is 5.10 Å². The molecule has 2 saturated heterocycles. The van der Waals surface area contributed by atoms with Crippen LogP contribution in [0.4, 0.5) is 22.6 Å². The number of nitrogens with one attached hydrogen (secondary N) is 2. The SMILES string of the molecule is Cc1c(Nc2nc3ccccc3s2)nnc2c1CCCN2c1ccc(-c2cnn(CC34CC5(C)CC(C)(C3)CC(OCCN(C)CCCCCCCCCCCCCCCC(=O)N3CCC(c6ccc7c(c6)CN(C6CCC(=O)NC6=O)C7=O)CC3)(C5)C4)c2C)c(C=O)n1. The number of likely N-dealkylation sites (N-methyl/N-ethyl adjacent to an activating group) is 1. The van der Waals surface area contributed by atoms with E-state index in [1.165, 1.54) is 95.5 Å². The molecule has 4 bridgehead atoms. The number of benzene rings is 2. The summed E-state index contributed by atoms with van der Waals surface area (Å²) in [5.74, 6) is 2.00. The average Bonchev–Trinajstić information content (AvgIpc) is 0.991. The summed E-state index contributed by atoms with van der Waals surface area (Å²) < 4.78 is 10.5. The molecular weight excluding hydrogens is 1200 g/mol. The van der Waals surface area contributed by atoms with E-state index in [2.05, 4.69) is 77.1 Å². The van der Waals surface area contributed by atoms with Gasteiger partial charge in [-0.05, 0) is 175 Å². The third-order valence-electron chi connectivity index (χ3n) is 22.4. The Morgan fingerprint density at radius 2 is 1.49 bits per heavy atom. The number of likely N-dealkylation sites (tertiary alicyclic amines) is 1. The van der Waals surface area contributed by atoms with Gasteiger partial charge in [0, 0.05) is 85.6 Å². The van der Waals surface area contributed by atoms with E-state index in [4.69, 9.17) is 24.9 Å². The van der Waals surface area contributed by atoms with Crippen molar-refractivity contribution in [3.63, 3.8) is 0 Å². The van der Waals surface area contributed by atoms with Crippen LogP contribution in [0.25, 0.3) is 21.3 Å². The zero-order valence-electron chi connectivity index (χ0n) is 56.4. The lowest BCUT2D eigenvalue weighted by molar-refractivity contribution is -0.248. The van der Waals surface area contributed by atoms with Crippen molar-refractivity contribution in [3.8, 4) is 11.1 Å². The molecule has 4 aromatic heterocycles. The molecule has 2 N–H and O–H groups in total. The first kappa shape index (κ1) is 65.7. The number of carbonyl (C=O) groups excluding carboxylic acids is 5. The van der Waals surface area contributed by atoms with Gasteiger partial charge in [0.25, 0.3) is 5.91 Å². The average molecular weight is 1300 g/mol. The van der Waals surface area contributed by atoms with Crippen LogP contribution in [0, 0.1) is 30.1 Å². The van der Waals surface area contributed by atoms with Gasteiger partial charge in [0.2, 0.25) is 17.7 Å². The van der Waals surface area contributed by atoms with Gasteiger partial charge in [-0.15, -0.1) is 10.2 Å². The van der Waals surface area contributed by atoms with Crippen molar-refractivity contribution < 1.29 is 28.7 Å². The molecule has 8 heterocycles. The molecule has 0 spiro atoms. The molecule has 6 aromatic rings. The summed E-state index contributed by atoms with van der Waals surface area (Å²) in [5.41, 5.74) is 9.55. The fraction of sp³-hybridized carbons (Fsp3) is 0.600. The van der Waals surface area contributed by atoms with Crippen LogP contribution in [0.3, 0.4) is 0 Å². The smallest absolute Gasteiger partial charge is 0.255 e. The Kier molecular flexibility index (Phi) is 19.6. The minimum Gasteiger partial charge on any atom is -0.374 e. The molecule has 6 fully saturated rings. The number of pyridine rings is 1. The number of para-hydroxylation sites is 1. The van der Waals surface area contributed by atoms with Crippen LogP contribution in [0.2, 0.25) is 0 Å². The molecule has 2 aromatic carbocycles. The molecule has 19 heteroatoms. The van der Waals surface area contributed by atoms with Gasteiger partial charge in [0.05, 0.1) is 28.6 Å². The van der Waals surface area contributed by atoms with Crippen molar-refractivity contribution in [3.05, 3.63) is 100.0 Å². The van der Waals surface area contributed by atoms with E-state index in [-0.39, 0.29) is 51.9 Å². The Labute approximate surface area is 559 Å². The molecular formula is C75H98N12O6S. The number of thiazole rings is 1. The minimum absolute atomic E-state index is 0.0836. The van der Waals surface area contributed by atoms with E-state index in [9.17, 15) is 24.0 Å². The third kappa shape index (κ3) is 14.3. The van der Waals surface area contributed by atoms with Gasteiger partial charge in [-0.3, -0.25) is 34.0 Å². The number of anilines is 4. The van der Waals surface area contributed by atoms with Crippen LogP contribution in [0.5, 0.6) is 0 Å². The topological polar surface area (TPSA) is 201 Å². The number of rotatable bonds is 29. The van der Waals surface area contributed by atoms with Gasteiger partial charge in [-0.25, -0.2) is 9.97 Å². The van der Waals surface area contributed by atoms with Gasteiger partial charge in [0.15, 0.2) is 23.1 Å². The van der Waals surface area contributed by atoms with E-state index in [1.807, 2.05) is 53.6 Å². The molecule has 4 aliphatic carbocycles. The predicted octanol–water partition coefficient (Wildman–Crippen LogP) is 14.3. The molecule has 3 unspecified atom stereocenters. The Balaban J connectivity index is 0.489. The summed E-state index contributed by atoms with van der Waals surface area (Å²) >= 11 is 1.60. The Morgan fingerprint density at radius 3 is 2.21 bits per heavy atom. The summed E-state index contributed by atoms with van der Waals surface area (Å²) in [6.45, 7) is 15.6. The third-order valence-corrected chi connectivity index (χ3v) is 23.4. The van der Waals surface area contributed by atoms with Crippen molar-refractivity contribution in [2.45, 2.75) is 225 Å². The minimum atomic E-state index is -0.605. The number of carbonyl (C=O) groups is 5. The second-order valence-electron chi connectivity index (χ2n) is 30.2. The Bertz CT molecular complexity index is 3730. The number of piperidine rings is 2. The van der Waals surface area contributed by atoms with Crippen molar-refractivity contribution >= 4 is 74.1 Å². The number of aromatic nitrogens is 6. The summed E-state index contributed by atoms with van der Waals surface area (Å²) in [6.07, 6.45) is 31.0. The highest BCUT2D eigenvalue weighted by Gasteiger charge is 2.66. The lowest BCUT2D eigenvalue weighted by atomic mass is 9.39. The highest BCUT2D eigenvalue weighted by Crippen LogP contribution is 2.72. The van der Waals surface area contributed by atoms with Crippen LogP contribution in [0.15, 0.2) is 60.8 Å². The Hall–Kier alpha value is -6.96. The number of aldehydes is 1. The number of hydrogen-bond donors (Lipinski definition) is 2. The maximum Gasteiger partial charge on any atom is 0.255 e. The fourth-order valence-electron chi connectivity index (χ4n) is 18.8. The maximum absolute atomic E-state index is 13.2. The molecule has 8 aliphatic rings. The van der Waals surface area contributed by atoms with Gasteiger partial charge < -0.3 is 29.7 Å². The molecule has 4 amide bonds. The maximum atomic E-state index is 13.2. The van der Waals surface area contributed by atoms with Crippen molar-refractivity contribution in [1.29, 1.82) is 0 Å². The monoisotopic (exact) mass is 1290 g/mol. The summed E-state index contributed by atoms with van der Waals surface area (Å²) in [5, 5.41) is 21.1. The summed E-state index contributed by atoms with van der Waals surface area (Å²) in [4.78, 5) is 81.4. The second kappa shape index (κ2) is 28.0. The van der Waals surface area contributed by atoms with Crippen LogP contribution in [-0.2, 0) is 38.6 Å². The van der Waals surface area contributed by atoms with Crippen LogP contribution >= 0.6 is 11.3 Å². The van der Waals surface area contributed by atoms with Crippen molar-refractivity contribution in [2.24, 2.45) is 16.2 Å². The lowest BCUT2D eigenvalue weighted by Gasteiger charge is -2.69. The summed E-state index contributed by atoms with van der Waals surface area (Å²) in [7, 11) is 2.27. The second-order valence-corrected chi connectivity index (χ2v) is 31.2. The van der Waals surface area contributed by atoms with E-state index in [0.29, 0.717) is 48.2 Å². The molecule has 14 rings (SSSR count). The number of fused-ring (bicyclic) bond motifs is 3. The number of amides is 4. The van der Waals surface area contributed by atoms with Crippen molar-refractivity contribution in [1.82, 2.24) is 50.0 Å². The number of ether oxygens (including phenoxy) is 1. The van der Waals surface area contributed by atoms with Gasteiger partial charge in [0.1, 0.15) is 17.6 Å². The van der Waals surface area contributed by atoms with Crippen LogP contribution in [0.1, 0.15) is 229 Å². The van der Waals surface area contributed by atoms with E-state index >= 15 is 0 Å². The van der Waals surface area contributed by atoms with Crippen LogP contribution < -0.4 is 15.5 Å². The number of unbranched alkanes of at least 4 members (excludes halogenated alkanes) is 12. The zero-order chi connectivity index (χ0) is 65.2. The molecule has 94 heavy (non-hydrogen) atoms. The molecule has 18 nitrogen and oxygen atoms in total. The zero-order valence-corrected chi connectivity index (χ0v) is 57.2.